The van der Waals surface area contributed by atoms with Crippen molar-refractivity contribution < 1.29 is 18.7 Å². The molecule has 18 heavy (non-hydrogen) atoms. The predicted molar refractivity (Wildman–Crippen MR) is 59.7 cm³/mol. The molecule has 0 spiro atoms. The summed E-state index contributed by atoms with van der Waals surface area (Å²) >= 11 is 0. The maximum atomic E-state index is 13.3. The van der Waals surface area contributed by atoms with Crippen molar-refractivity contribution in [3.05, 3.63) is 47.0 Å². The molecule has 1 aromatic heterocycles. The van der Waals surface area contributed by atoms with Gasteiger partial charge in [0, 0.05) is 12.0 Å². The van der Waals surface area contributed by atoms with Crippen LogP contribution in [0.4, 0.5) is 8.78 Å². The fraction of sp³-hybridized carbons (Fsp3) is 0.100. The molecule has 0 aliphatic rings. The summed E-state index contributed by atoms with van der Waals surface area (Å²) in [6.45, 7) is 0. The zero-order valence-corrected chi connectivity index (χ0v) is 8.44. The normalized spacial score (nSPS) is 9.89. The Labute approximate surface area is 112 Å². The topological polar surface area (TPSA) is 78.9 Å². The van der Waals surface area contributed by atoms with Gasteiger partial charge in [0.25, 0.3) is 0 Å². The van der Waals surface area contributed by atoms with Crippen molar-refractivity contribution in [3.8, 4) is 0 Å². The molecule has 1 aromatic carbocycles. The van der Waals surface area contributed by atoms with Gasteiger partial charge < -0.3 is 10.1 Å². The number of nitrogens with zero attached hydrogens (tertiary/aromatic N) is 2. The molecule has 0 unspecified atom stereocenters. The van der Waals surface area contributed by atoms with Gasteiger partial charge in [-0.3, -0.25) is 0 Å². The summed E-state index contributed by atoms with van der Waals surface area (Å²) < 4.78 is 26.6. The number of aromatic carboxylic acids is 1. The molecule has 0 saturated carbocycles. The van der Waals surface area contributed by atoms with E-state index in [1.54, 1.807) is 0 Å². The molecular weight excluding hydrogens is 239 g/mol. The summed E-state index contributed by atoms with van der Waals surface area (Å²) in [4.78, 5) is 12.9. The Balaban J connectivity index is 0.00000162. The van der Waals surface area contributed by atoms with E-state index in [0.29, 0.717) is 0 Å². The van der Waals surface area contributed by atoms with E-state index >= 15 is 0 Å². The Morgan fingerprint density at radius 1 is 1.28 bits per heavy atom. The Bertz CT molecular complexity index is 554. The quantitative estimate of drug-likeness (QED) is 0.783. The van der Waals surface area contributed by atoms with Crippen LogP contribution in [0.25, 0.3) is 0 Å². The number of hydrogen-bond acceptors (Lipinski definition) is 3. The number of carbonyl (C=O) groups is 1. The van der Waals surface area contributed by atoms with Crippen molar-refractivity contribution in [2.24, 2.45) is 0 Å². The molecule has 0 radical (unpaired) electrons. The molecule has 8 heteroatoms. The number of halogens is 2. The van der Waals surface area contributed by atoms with Gasteiger partial charge >= 0.3 is 24.8 Å². The minimum atomic E-state index is -1.28. The third kappa shape index (κ3) is 2.94. The van der Waals surface area contributed by atoms with E-state index in [-0.39, 0.29) is 42.5 Å². The average molecular weight is 247 g/mol. The van der Waals surface area contributed by atoms with Gasteiger partial charge in [-0.15, -0.1) is 10.2 Å². The van der Waals surface area contributed by atoms with Gasteiger partial charge in [-0.25, -0.2) is 13.6 Å². The van der Waals surface area contributed by atoms with Crippen LogP contribution in [0.2, 0.25) is 0 Å². The van der Waals surface area contributed by atoms with Crippen LogP contribution in [0, 0.1) is 11.6 Å². The number of carboxylic acids is 1. The summed E-state index contributed by atoms with van der Waals surface area (Å²) in [5.41, 5.74) is -0.180. The number of benzene rings is 1. The molecule has 0 fully saturated rings. The van der Waals surface area contributed by atoms with E-state index < -0.39 is 17.6 Å². The van der Waals surface area contributed by atoms with Gasteiger partial charge in [0.15, 0.2) is 0 Å². The molecule has 0 aliphatic heterocycles. The van der Waals surface area contributed by atoms with Crippen LogP contribution in [0.15, 0.2) is 18.2 Å². The van der Waals surface area contributed by atoms with Crippen molar-refractivity contribution >= 4 is 24.8 Å². The van der Waals surface area contributed by atoms with Gasteiger partial charge in [-0.05, 0) is 12.1 Å². The van der Waals surface area contributed by atoms with Crippen LogP contribution in [0.1, 0.15) is 22.0 Å². The van der Waals surface area contributed by atoms with Crippen molar-refractivity contribution in [2.75, 3.05) is 0 Å². The standard InChI is InChI=1S/C10H7F2N3O2.Li.H/c11-6-2-1-3-7(12)5(6)4-8-13-9(10(16)17)15-14-8;;/h1-3H,4H2,(H,16,17)(H,13,14,15);;. The van der Waals surface area contributed by atoms with Crippen molar-refractivity contribution in [1.29, 1.82) is 0 Å². The molecule has 90 valence electrons. The van der Waals surface area contributed by atoms with Crippen LogP contribution >= 0.6 is 0 Å². The second-order valence-corrected chi connectivity index (χ2v) is 3.30. The van der Waals surface area contributed by atoms with Crippen LogP contribution in [0.5, 0.6) is 0 Å². The van der Waals surface area contributed by atoms with Gasteiger partial charge in [-0.1, -0.05) is 6.07 Å². The molecule has 1 heterocycles. The first kappa shape index (κ1) is 14.3. The molecule has 0 bridgehead atoms. The first-order valence-corrected chi connectivity index (χ1v) is 4.65. The zero-order chi connectivity index (χ0) is 12.4. The van der Waals surface area contributed by atoms with Crippen LogP contribution < -0.4 is 0 Å². The molecule has 0 amide bonds. The first-order chi connectivity index (χ1) is 8.08. The number of H-pyrrole nitrogens is 1. The number of nitrogens with one attached hydrogen (secondary N) is 1. The number of aromatic amines is 1. The number of rotatable bonds is 3. The summed E-state index contributed by atoms with van der Waals surface area (Å²) in [5.74, 6) is -2.97. The monoisotopic (exact) mass is 247 g/mol. The number of aromatic nitrogens is 3. The molecule has 2 aromatic rings. The van der Waals surface area contributed by atoms with E-state index in [1.807, 2.05) is 0 Å². The summed E-state index contributed by atoms with van der Waals surface area (Å²) in [5, 5.41) is 15.4. The Morgan fingerprint density at radius 3 is 2.39 bits per heavy atom. The molecule has 5 nitrogen and oxygen atoms in total. The summed E-state index contributed by atoms with van der Waals surface area (Å²) in [6.07, 6.45) is -0.182. The second kappa shape index (κ2) is 5.75. The van der Waals surface area contributed by atoms with Crippen molar-refractivity contribution in [2.45, 2.75) is 6.42 Å². The van der Waals surface area contributed by atoms with Gasteiger partial charge in [-0.2, -0.15) is 0 Å². The fourth-order valence-corrected chi connectivity index (χ4v) is 1.34. The molecule has 0 saturated heterocycles. The van der Waals surface area contributed by atoms with Gasteiger partial charge in [0.1, 0.15) is 17.5 Å². The number of carboxylic acid groups (broad SMARTS) is 1. The third-order valence-corrected chi connectivity index (χ3v) is 2.14. The second-order valence-electron chi connectivity index (χ2n) is 3.30. The SMILES string of the molecule is O=C(O)c1nnc(Cc2c(F)cccc2F)[nH]1.[LiH]. The minimum absolute atomic E-state index is 0. The Hall–Kier alpha value is -1.71. The molecule has 2 N–H and O–H groups in total. The van der Waals surface area contributed by atoms with Crippen LogP contribution in [-0.4, -0.2) is 45.1 Å². The molecule has 0 aliphatic carbocycles. The Morgan fingerprint density at radius 2 is 1.89 bits per heavy atom. The molecule has 0 atom stereocenters. The molecule has 2 rings (SSSR count). The Kier molecular flexibility index (Phi) is 4.59. The van der Waals surface area contributed by atoms with E-state index in [1.165, 1.54) is 6.07 Å². The zero-order valence-electron chi connectivity index (χ0n) is 8.44. The number of hydrogen-bond donors (Lipinski definition) is 2. The average Bonchev–Trinajstić information content (AvgIpc) is 2.72. The van der Waals surface area contributed by atoms with Gasteiger partial charge in [0.2, 0.25) is 5.82 Å². The van der Waals surface area contributed by atoms with Crippen LogP contribution in [0.3, 0.4) is 0 Å². The molecular formula is C10H8F2LiN3O2. The maximum absolute atomic E-state index is 13.3. The fourth-order valence-electron chi connectivity index (χ4n) is 1.34. The first-order valence-electron chi connectivity index (χ1n) is 4.65. The summed E-state index contributed by atoms with van der Waals surface area (Å²) in [7, 11) is 0. The van der Waals surface area contributed by atoms with E-state index in [4.69, 9.17) is 5.11 Å². The van der Waals surface area contributed by atoms with Gasteiger partial charge in [0.05, 0.1) is 0 Å². The van der Waals surface area contributed by atoms with Crippen LogP contribution in [-0.2, 0) is 6.42 Å². The van der Waals surface area contributed by atoms with Crippen molar-refractivity contribution in [3.63, 3.8) is 0 Å². The van der Waals surface area contributed by atoms with E-state index in [0.717, 1.165) is 12.1 Å². The van der Waals surface area contributed by atoms with E-state index in [2.05, 4.69) is 15.2 Å². The third-order valence-electron chi connectivity index (χ3n) is 2.14. The predicted octanol–water partition coefficient (Wildman–Crippen LogP) is 0.723. The summed E-state index contributed by atoms with van der Waals surface area (Å²) in [6, 6.07) is 3.48. The van der Waals surface area contributed by atoms with E-state index in [9.17, 15) is 13.6 Å². The van der Waals surface area contributed by atoms with Crippen molar-refractivity contribution in [1.82, 2.24) is 15.2 Å².